The van der Waals surface area contributed by atoms with Crippen molar-refractivity contribution >= 4 is 22.4 Å². The van der Waals surface area contributed by atoms with Crippen molar-refractivity contribution in [2.45, 2.75) is 6.54 Å². The van der Waals surface area contributed by atoms with E-state index >= 15 is 0 Å². The van der Waals surface area contributed by atoms with Gasteiger partial charge in [0, 0.05) is 11.6 Å². The minimum atomic E-state index is -0.626. The van der Waals surface area contributed by atoms with E-state index in [9.17, 15) is 9.18 Å². The second-order valence-corrected chi connectivity index (χ2v) is 3.34. The third-order valence-electron chi connectivity index (χ3n) is 2.00. The molecular formula is C9H7ClFN3O. The quantitative estimate of drug-likeness (QED) is 0.729. The predicted octanol–water partition coefficient (Wildman–Crippen LogP) is 1.41. The maximum atomic E-state index is 12.1. The number of hydrogen-bond donors (Lipinski definition) is 0. The van der Waals surface area contributed by atoms with Crippen molar-refractivity contribution in [3.05, 3.63) is 34.0 Å². The van der Waals surface area contributed by atoms with Crippen molar-refractivity contribution < 1.29 is 4.39 Å². The van der Waals surface area contributed by atoms with Crippen LogP contribution in [0.15, 0.2) is 23.3 Å². The van der Waals surface area contributed by atoms with Crippen LogP contribution in [0.4, 0.5) is 4.39 Å². The summed E-state index contributed by atoms with van der Waals surface area (Å²) in [5, 5.41) is 5.11. The molecule has 0 fully saturated rings. The summed E-state index contributed by atoms with van der Waals surface area (Å²) >= 11 is 5.66. The molecule has 0 amide bonds. The Morgan fingerprint density at radius 1 is 1.47 bits per heavy atom. The molecule has 6 heteroatoms. The predicted molar refractivity (Wildman–Crippen MR) is 54.8 cm³/mol. The van der Waals surface area contributed by atoms with Crippen LogP contribution in [0.5, 0.6) is 0 Å². The lowest BCUT2D eigenvalue weighted by Crippen LogP contribution is -2.23. The monoisotopic (exact) mass is 227 g/mol. The van der Waals surface area contributed by atoms with Crippen molar-refractivity contribution in [3.8, 4) is 0 Å². The molecule has 0 aliphatic rings. The Labute approximate surface area is 89.3 Å². The van der Waals surface area contributed by atoms with Crippen LogP contribution in [0.1, 0.15) is 0 Å². The smallest absolute Gasteiger partial charge is 0.267 e. The molecule has 2 heterocycles. The number of pyridine rings is 1. The summed E-state index contributed by atoms with van der Waals surface area (Å²) in [6.45, 7) is -0.670. The number of alkyl halides is 1. The lowest BCUT2D eigenvalue weighted by Gasteiger charge is -2.02. The van der Waals surface area contributed by atoms with Crippen molar-refractivity contribution in [2.75, 3.05) is 6.67 Å². The first-order chi connectivity index (χ1) is 7.22. The second kappa shape index (κ2) is 3.94. The number of fused-ring (bicyclic) bond motifs is 1. The Balaban J connectivity index is 2.69. The molecule has 0 spiro atoms. The lowest BCUT2D eigenvalue weighted by atomic mass is 10.2. The number of aryl methyl sites for hydroxylation is 1. The Morgan fingerprint density at radius 2 is 2.27 bits per heavy atom. The SMILES string of the molecule is O=c1c2cnc(Cl)cc2cnn1CCF. The van der Waals surface area contributed by atoms with Crippen LogP contribution in [-0.2, 0) is 6.54 Å². The highest BCUT2D eigenvalue weighted by atomic mass is 35.5. The van der Waals surface area contributed by atoms with E-state index in [1.807, 2.05) is 0 Å². The molecular weight excluding hydrogens is 221 g/mol. The fourth-order valence-corrected chi connectivity index (χ4v) is 1.46. The first kappa shape index (κ1) is 10.0. The Kier molecular flexibility index (Phi) is 2.64. The summed E-state index contributed by atoms with van der Waals surface area (Å²) in [7, 11) is 0. The molecule has 0 atom stereocenters. The Hall–Kier alpha value is -1.49. The standard InChI is InChI=1S/C9H7ClFN3O/c10-8-3-6-4-13-14(2-1-11)9(15)7(6)5-12-8/h3-5H,1-2H2. The van der Waals surface area contributed by atoms with E-state index in [0.717, 1.165) is 4.68 Å². The van der Waals surface area contributed by atoms with E-state index in [-0.39, 0.29) is 12.1 Å². The van der Waals surface area contributed by atoms with Gasteiger partial charge in [0.1, 0.15) is 11.8 Å². The van der Waals surface area contributed by atoms with Crippen LogP contribution in [0, 0.1) is 0 Å². The summed E-state index contributed by atoms with van der Waals surface area (Å²) in [6, 6.07) is 1.55. The van der Waals surface area contributed by atoms with Gasteiger partial charge in [-0.2, -0.15) is 5.10 Å². The van der Waals surface area contributed by atoms with Gasteiger partial charge in [-0.15, -0.1) is 0 Å². The maximum absolute atomic E-state index is 12.1. The molecule has 0 aliphatic heterocycles. The van der Waals surface area contributed by atoms with Gasteiger partial charge >= 0.3 is 0 Å². The summed E-state index contributed by atoms with van der Waals surface area (Å²) in [5.74, 6) is 0. The minimum Gasteiger partial charge on any atom is -0.267 e. The molecule has 0 aromatic carbocycles. The van der Waals surface area contributed by atoms with Gasteiger partial charge in [0.25, 0.3) is 5.56 Å². The number of nitrogens with zero attached hydrogens (tertiary/aromatic N) is 3. The van der Waals surface area contributed by atoms with Gasteiger partial charge in [0.05, 0.1) is 18.1 Å². The molecule has 0 bridgehead atoms. The van der Waals surface area contributed by atoms with E-state index < -0.39 is 6.67 Å². The zero-order valence-electron chi connectivity index (χ0n) is 7.65. The van der Waals surface area contributed by atoms with Gasteiger partial charge < -0.3 is 0 Å². The first-order valence-electron chi connectivity index (χ1n) is 4.29. The van der Waals surface area contributed by atoms with Gasteiger partial charge in [-0.05, 0) is 6.07 Å². The van der Waals surface area contributed by atoms with E-state index in [1.54, 1.807) is 6.07 Å². The molecule has 2 aromatic heterocycles. The van der Waals surface area contributed by atoms with E-state index in [0.29, 0.717) is 15.9 Å². The van der Waals surface area contributed by atoms with Crippen molar-refractivity contribution in [1.82, 2.24) is 14.8 Å². The zero-order valence-corrected chi connectivity index (χ0v) is 8.41. The Bertz CT molecular complexity index is 555. The third-order valence-corrected chi connectivity index (χ3v) is 2.21. The number of halogens is 2. The highest BCUT2D eigenvalue weighted by Gasteiger charge is 2.04. The molecule has 0 unspecified atom stereocenters. The summed E-state index contributed by atoms with van der Waals surface area (Å²) in [5.41, 5.74) is -0.352. The molecule has 0 aliphatic carbocycles. The largest absolute Gasteiger partial charge is 0.276 e. The summed E-state index contributed by atoms with van der Waals surface area (Å²) in [6.07, 6.45) is 2.84. The van der Waals surface area contributed by atoms with Crippen LogP contribution < -0.4 is 5.56 Å². The number of aromatic nitrogens is 3. The average Bonchev–Trinajstić information content (AvgIpc) is 2.22. The topological polar surface area (TPSA) is 47.8 Å². The van der Waals surface area contributed by atoms with Crippen LogP contribution in [0.3, 0.4) is 0 Å². The average molecular weight is 228 g/mol. The molecule has 0 saturated heterocycles. The highest BCUT2D eigenvalue weighted by Crippen LogP contribution is 2.11. The van der Waals surface area contributed by atoms with Gasteiger partial charge in [-0.1, -0.05) is 11.6 Å². The van der Waals surface area contributed by atoms with Crippen molar-refractivity contribution in [3.63, 3.8) is 0 Å². The van der Waals surface area contributed by atoms with E-state index in [1.165, 1.54) is 12.4 Å². The summed E-state index contributed by atoms with van der Waals surface area (Å²) in [4.78, 5) is 15.5. The van der Waals surface area contributed by atoms with Gasteiger partial charge in [0.2, 0.25) is 0 Å². The normalized spacial score (nSPS) is 10.8. The van der Waals surface area contributed by atoms with Gasteiger partial charge in [0.15, 0.2) is 0 Å². The van der Waals surface area contributed by atoms with Crippen molar-refractivity contribution in [1.29, 1.82) is 0 Å². The fraction of sp³-hybridized carbons (Fsp3) is 0.222. The lowest BCUT2D eigenvalue weighted by molar-refractivity contribution is 0.419. The van der Waals surface area contributed by atoms with Crippen LogP contribution >= 0.6 is 11.6 Å². The van der Waals surface area contributed by atoms with Crippen LogP contribution in [0.25, 0.3) is 10.8 Å². The van der Waals surface area contributed by atoms with E-state index in [2.05, 4.69) is 10.1 Å². The van der Waals surface area contributed by atoms with Gasteiger partial charge in [-0.25, -0.2) is 14.1 Å². The Morgan fingerprint density at radius 3 is 3.00 bits per heavy atom. The van der Waals surface area contributed by atoms with Crippen LogP contribution in [0.2, 0.25) is 5.15 Å². The molecule has 0 radical (unpaired) electrons. The minimum absolute atomic E-state index is 0.0442. The maximum Gasteiger partial charge on any atom is 0.276 e. The molecule has 2 rings (SSSR count). The molecule has 0 saturated carbocycles. The second-order valence-electron chi connectivity index (χ2n) is 2.96. The molecule has 15 heavy (non-hydrogen) atoms. The van der Waals surface area contributed by atoms with Crippen molar-refractivity contribution in [2.24, 2.45) is 0 Å². The fourth-order valence-electron chi connectivity index (χ4n) is 1.29. The first-order valence-corrected chi connectivity index (χ1v) is 4.67. The highest BCUT2D eigenvalue weighted by molar-refractivity contribution is 6.30. The van der Waals surface area contributed by atoms with E-state index in [4.69, 9.17) is 11.6 Å². The summed E-state index contributed by atoms with van der Waals surface area (Å²) < 4.78 is 13.2. The molecule has 4 nitrogen and oxygen atoms in total. The van der Waals surface area contributed by atoms with Gasteiger partial charge in [-0.3, -0.25) is 4.79 Å². The zero-order chi connectivity index (χ0) is 10.8. The number of hydrogen-bond acceptors (Lipinski definition) is 3. The van der Waals surface area contributed by atoms with Crippen LogP contribution in [-0.4, -0.2) is 21.4 Å². The molecule has 0 N–H and O–H groups in total. The molecule has 2 aromatic rings. The molecule has 78 valence electrons. The third kappa shape index (κ3) is 1.83. The number of rotatable bonds is 2.